The van der Waals surface area contributed by atoms with Crippen LogP contribution in [0.2, 0.25) is 0 Å². The largest absolute Gasteiger partial charge is 0.469 e. The molecule has 1 aliphatic carbocycles. The molecular weight excluding hydrogens is 180 g/mol. The first kappa shape index (κ1) is 9.97. The van der Waals surface area contributed by atoms with Gasteiger partial charge in [-0.05, 0) is 25.2 Å². The zero-order chi connectivity index (χ0) is 10.0. The van der Waals surface area contributed by atoms with Crippen molar-refractivity contribution in [3.05, 3.63) is 0 Å². The molecule has 0 N–H and O–H groups in total. The molecule has 2 aliphatic rings. The molecule has 80 valence electrons. The van der Waals surface area contributed by atoms with Crippen LogP contribution in [-0.4, -0.2) is 26.3 Å². The maximum absolute atomic E-state index is 11.1. The van der Waals surface area contributed by atoms with E-state index in [2.05, 4.69) is 4.74 Å². The Morgan fingerprint density at radius 3 is 2.57 bits per heavy atom. The van der Waals surface area contributed by atoms with Gasteiger partial charge in [0.05, 0.1) is 20.3 Å². The van der Waals surface area contributed by atoms with E-state index in [0.29, 0.717) is 11.8 Å². The molecule has 0 spiro atoms. The van der Waals surface area contributed by atoms with E-state index in [1.807, 2.05) is 0 Å². The lowest BCUT2D eigenvalue weighted by molar-refractivity contribution is -0.171. The Labute approximate surface area is 84.8 Å². The molecule has 0 aromatic rings. The van der Waals surface area contributed by atoms with E-state index in [1.165, 1.54) is 26.4 Å². The summed E-state index contributed by atoms with van der Waals surface area (Å²) in [6.45, 7) is 1.71. The molecule has 1 aliphatic heterocycles. The van der Waals surface area contributed by atoms with Gasteiger partial charge in [0.15, 0.2) is 0 Å². The van der Waals surface area contributed by atoms with Gasteiger partial charge in [0.25, 0.3) is 0 Å². The SMILES string of the molecule is COC(=O)CCC1(C2CCC2)COC1. The summed E-state index contributed by atoms with van der Waals surface area (Å²) in [5.41, 5.74) is 0.326. The quantitative estimate of drug-likeness (QED) is 0.646. The predicted octanol–water partition coefficient (Wildman–Crippen LogP) is 1.76. The third kappa shape index (κ3) is 1.65. The Bertz CT molecular complexity index is 217. The molecule has 0 aromatic heterocycles. The van der Waals surface area contributed by atoms with Gasteiger partial charge < -0.3 is 9.47 Å². The van der Waals surface area contributed by atoms with Crippen molar-refractivity contribution in [3.63, 3.8) is 0 Å². The van der Waals surface area contributed by atoms with Crippen molar-refractivity contribution in [2.75, 3.05) is 20.3 Å². The summed E-state index contributed by atoms with van der Waals surface area (Å²) < 4.78 is 9.97. The van der Waals surface area contributed by atoms with Gasteiger partial charge in [0.1, 0.15) is 0 Å². The number of esters is 1. The molecule has 1 saturated heterocycles. The van der Waals surface area contributed by atoms with Crippen LogP contribution in [0.4, 0.5) is 0 Å². The molecule has 0 bridgehead atoms. The minimum absolute atomic E-state index is 0.0874. The Balaban J connectivity index is 1.83. The number of carbonyl (C=O) groups excluding carboxylic acids is 1. The number of hydrogen-bond donors (Lipinski definition) is 0. The van der Waals surface area contributed by atoms with Gasteiger partial charge in [-0.1, -0.05) is 6.42 Å². The van der Waals surface area contributed by atoms with E-state index in [9.17, 15) is 4.79 Å². The number of ether oxygens (including phenoxy) is 2. The second-order valence-electron chi connectivity index (χ2n) is 4.56. The molecule has 3 heteroatoms. The Morgan fingerprint density at radius 2 is 2.21 bits per heavy atom. The van der Waals surface area contributed by atoms with E-state index in [-0.39, 0.29) is 5.97 Å². The predicted molar refractivity (Wildman–Crippen MR) is 51.8 cm³/mol. The highest BCUT2D eigenvalue weighted by Crippen LogP contribution is 2.49. The lowest BCUT2D eigenvalue weighted by Crippen LogP contribution is -2.50. The zero-order valence-electron chi connectivity index (χ0n) is 8.75. The van der Waals surface area contributed by atoms with E-state index >= 15 is 0 Å². The van der Waals surface area contributed by atoms with Crippen molar-refractivity contribution in [2.45, 2.75) is 32.1 Å². The van der Waals surface area contributed by atoms with Gasteiger partial charge in [-0.2, -0.15) is 0 Å². The molecule has 1 saturated carbocycles. The van der Waals surface area contributed by atoms with Crippen molar-refractivity contribution in [2.24, 2.45) is 11.3 Å². The van der Waals surface area contributed by atoms with E-state index in [0.717, 1.165) is 25.6 Å². The highest BCUT2D eigenvalue weighted by molar-refractivity contribution is 5.69. The summed E-state index contributed by atoms with van der Waals surface area (Å²) in [7, 11) is 1.45. The van der Waals surface area contributed by atoms with Crippen LogP contribution in [0.5, 0.6) is 0 Å². The molecule has 0 atom stereocenters. The number of carbonyl (C=O) groups is 1. The normalized spacial score (nSPS) is 24.9. The van der Waals surface area contributed by atoms with Crippen molar-refractivity contribution >= 4 is 5.97 Å². The molecule has 0 amide bonds. The van der Waals surface area contributed by atoms with Gasteiger partial charge >= 0.3 is 5.97 Å². The Hall–Kier alpha value is -0.570. The summed E-state index contributed by atoms with van der Waals surface area (Å²) in [6, 6.07) is 0. The van der Waals surface area contributed by atoms with Crippen LogP contribution in [0.3, 0.4) is 0 Å². The third-order valence-electron chi connectivity index (χ3n) is 3.80. The molecule has 2 rings (SSSR count). The van der Waals surface area contributed by atoms with Gasteiger partial charge in [-0.3, -0.25) is 4.79 Å². The van der Waals surface area contributed by atoms with Crippen LogP contribution in [0, 0.1) is 11.3 Å². The van der Waals surface area contributed by atoms with Crippen LogP contribution in [-0.2, 0) is 14.3 Å². The van der Waals surface area contributed by atoms with Crippen LogP contribution in [0.15, 0.2) is 0 Å². The molecule has 14 heavy (non-hydrogen) atoms. The lowest BCUT2D eigenvalue weighted by Gasteiger charge is -2.51. The van der Waals surface area contributed by atoms with Crippen molar-refractivity contribution < 1.29 is 14.3 Å². The van der Waals surface area contributed by atoms with Gasteiger partial charge in [0, 0.05) is 11.8 Å². The van der Waals surface area contributed by atoms with Crippen LogP contribution < -0.4 is 0 Å². The fourth-order valence-electron chi connectivity index (χ4n) is 2.42. The highest BCUT2D eigenvalue weighted by Gasteiger charge is 2.47. The Kier molecular flexibility index (Phi) is 2.77. The Morgan fingerprint density at radius 1 is 1.50 bits per heavy atom. The van der Waals surface area contributed by atoms with E-state index < -0.39 is 0 Å². The number of hydrogen-bond acceptors (Lipinski definition) is 3. The van der Waals surface area contributed by atoms with Gasteiger partial charge in [-0.25, -0.2) is 0 Å². The van der Waals surface area contributed by atoms with Crippen molar-refractivity contribution in [3.8, 4) is 0 Å². The second-order valence-corrected chi connectivity index (χ2v) is 4.56. The first-order chi connectivity index (χ1) is 6.77. The molecule has 3 nitrogen and oxygen atoms in total. The standard InChI is InChI=1S/C11H18O3/c1-13-10(12)5-6-11(7-14-8-11)9-3-2-4-9/h9H,2-8H2,1H3. The first-order valence-corrected chi connectivity index (χ1v) is 5.41. The van der Waals surface area contributed by atoms with Crippen LogP contribution in [0.1, 0.15) is 32.1 Å². The maximum Gasteiger partial charge on any atom is 0.305 e. The summed E-state index contributed by atoms with van der Waals surface area (Å²) in [4.78, 5) is 11.1. The summed E-state index contributed by atoms with van der Waals surface area (Å²) in [5, 5.41) is 0. The summed E-state index contributed by atoms with van der Waals surface area (Å²) in [6.07, 6.45) is 5.50. The summed E-state index contributed by atoms with van der Waals surface area (Å²) in [5.74, 6) is 0.719. The fraction of sp³-hybridized carbons (Fsp3) is 0.909. The molecule has 0 unspecified atom stereocenters. The topological polar surface area (TPSA) is 35.5 Å². The molecule has 0 radical (unpaired) electrons. The molecular formula is C11H18O3. The average molecular weight is 198 g/mol. The van der Waals surface area contributed by atoms with Gasteiger partial charge in [-0.15, -0.1) is 0 Å². The second kappa shape index (κ2) is 3.89. The zero-order valence-corrected chi connectivity index (χ0v) is 8.75. The molecule has 2 fully saturated rings. The third-order valence-corrected chi connectivity index (χ3v) is 3.80. The average Bonchev–Trinajstić information content (AvgIpc) is 2.05. The molecule has 0 aromatic carbocycles. The minimum Gasteiger partial charge on any atom is -0.469 e. The summed E-state index contributed by atoms with van der Waals surface area (Å²) >= 11 is 0. The lowest BCUT2D eigenvalue weighted by atomic mass is 9.62. The number of rotatable bonds is 4. The van der Waals surface area contributed by atoms with E-state index in [1.54, 1.807) is 0 Å². The van der Waals surface area contributed by atoms with Crippen LogP contribution >= 0.6 is 0 Å². The fourth-order valence-corrected chi connectivity index (χ4v) is 2.42. The van der Waals surface area contributed by atoms with Crippen LogP contribution in [0.25, 0.3) is 0 Å². The minimum atomic E-state index is -0.0874. The number of methoxy groups -OCH3 is 1. The molecule has 1 heterocycles. The first-order valence-electron chi connectivity index (χ1n) is 5.41. The monoisotopic (exact) mass is 198 g/mol. The van der Waals surface area contributed by atoms with Gasteiger partial charge in [0.2, 0.25) is 0 Å². The van der Waals surface area contributed by atoms with E-state index in [4.69, 9.17) is 4.74 Å². The maximum atomic E-state index is 11.1. The van der Waals surface area contributed by atoms with Crippen molar-refractivity contribution in [1.29, 1.82) is 0 Å². The highest BCUT2D eigenvalue weighted by atomic mass is 16.5. The van der Waals surface area contributed by atoms with Crippen molar-refractivity contribution in [1.82, 2.24) is 0 Å². The smallest absolute Gasteiger partial charge is 0.305 e.